The van der Waals surface area contributed by atoms with Crippen molar-refractivity contribution in [3.8, 4) is 11.5 Å². The highest BCUT2D eigenvalue weighted by Gasteiger charge is 2.40. The summed E-state index contributed by atoms with van der Waals surface area (Å²) in [4.78, 5) is 25.5. The minimum Gasteiger partial charge on any atom is -0.486 e. The molecule has 1 aromatic carbocycles. The second kappa shape index (κ2) is 7.43. The van der Waals surface area contributed by atoms with E-state index in [4.69, 9.17) is 14.2 Å². The molecule has 0 radical (unpaired) electrons. The predicted molar refractivity (Wildman–Crippen MR) is 93.4 cm³/mol. The monoisotopic (exact) mass is 360 g/mol. The number of benzene rings is 1. The Morgan fingerprint density at radius 2 is 2.00 bits per heavy atom. The summed E-state index contributed by atoms with van der Waals surface area (Å²) in [6.07, 6.45) is 3.65. The Balaban J connectivity index is 1.16. The molecule has 7 heteroatoms. The number of cyclic esters (lactones) is 1. The van der Waals surface area contributed by atoms with Crippen LogP contribution in [0.25, 0.3) is 0 Å². The fourth-order valence-corrected chi connectivity index (χ4v) is 3.34. The van der Waals surface area contributed by atoms with Gasteiger partial charge in [-0.3, -0.25) is 4.79 Å². The predicted octanol–water partition coefficient (Wildman–Crippen LogP) is 1.88. The number of aryl methyl sites for hydroxylation is 1. The number of ether oxygens (including phenoxy) is 3. The van der Waals surface area contributed by atoms with E-state index in [-0.39, 0.29) is 18.1 Å². The summed E-state index contributed by atoms with van der Waals surface area (Å²) in [5.74, 6) is 1.55. The van der Waals surface area contributed by atoms with Crippen LogP contribution in [0.4, 0.5) is 4.79 Å². The topological polar surface area (TPSA) is 77.1 Å². The molecule has 2 aliphatic heterocycles. The summed E-state index contributed by atoms with van der Waals surface area (Å²) in [6.45, 7) is 2.13. The van der Waals surface area contributed by atoms with E-state index in [1.165, 1.54) is 0 Å². The highest BCUT2D eigenvalue weighted by Crippen LogP contribution is 2.31. The lowest BCUT2D eigenvalue weighted by Crippen LogP contribution is -2.34. The summed E-state index contributed by atoms with van der Waals surface area (Å²) >= 11 is 0. The lowest BCUT2D eigenvalue weighted by molar-refractivity contribution is -0.121. The molecule has 1 aromatic rings. The van der Waals surface area contributed by atoms with E-state index >= 15 is 0 Å². The standard InChI is InChI=1S/C19H24N2O5/c22-18(20-11-15-12-21(14-5-6-14)19(23)26-15)3-1-2-13-4-7-16-17(10-13)25-9-8-24-16/h4,7,10,14-15H,1-3,5-6,8-9,11-12H2,(H,20,22). The molecule has 0 bridgehead atoms. The van der Waals surface area contributed by atoms with Crippen LogP contribution in [0, 0.1) is 0 Å². The first-order chi connectivity index (χ1) is 12.7. The van der Waals surface area contributed by atoms with Crippen LogP contribution >= 0.6 is 0 Å². The van der Waals surface area contributed by atoms with E-state index in [1.54, 1.807) is 4.90 Å². The first kappa shape index (κ1) is 17.0. The van der Waals surface area contributed by atoms with Crippen molar-refractivity contribution in [3.05, 3.63) is 23.8 Å². The number of rotatable bonds is 7. The Morgan fingerprint density at radius 1 is 1.19 bits per heavy atom. The minimum absolute atomic E-state index is 0.0107. The van der Waals surface area contributed by atoms with Crippen molar-refractivity contribution >= 4 is 12.0 Å². The zero-order chi connectivity index (χ0) is 17.9. The van der Waals surface area contributed by atoms with Gasteiger partial charge in [0.25, 0.3) is 0 Å². The average molecular weight is 360 g/mol. The Bertz CT molecular complexity index is 689. The van der Waals surface area contributed by atoms with E-state index in [0.29, 0.717) is 38.8 Å². The van der Waals surface area contributed by atoms with E-state index < -0.39 is 0 Å². The molecular formula is C19H24N2O5. The van der Waals surface area contributed by atoms with Gasteiger partial charge in [-0.05, 0) is 43.4 Å². The smallest absolute Gasteiger partial charge is 0.410 e. The van der Waals surface area contributed by atoms with Gasteiger partial charge in [0.2, 0.25) is 5.91 Å². The van der Waals surface area contributed by atoms with E-state index in [0.717, 1.165) is 42.7 Å². The molecule has 140 valence electrons. The van der Waals surface area contributed by atoms with Crippen LogP contribution < -0.4 is 14.8 Å². The van der Waals surface area contributed by atoms with Crippen molar-refractivity contribution in [2.24, 2.45) is 0 Å². The van der Waals surface area contributed by atoms with Gasteiger partial charge < -0.3 is 24.4 Å². The summed E-state index contributed by atoms with van der Waals surface area (Å²) < 4.78 is 16.4. The molecule has 4 rings (SSSR count). The Hall–Kier alpha value is -2.44. The first-order valence-electron chi connectivity index (χ1n) is 9.31. The fourth-order valence-electron chi connectivity index (χ4n) is 3.34. The number of carbonyl (C=O) groups excluding carboxylic acids is 2. The van der Waals surface area contributed by atoms with Crippen LogP contribution in [0.5, 0.6) is 11.5 Å². The van der Waals surface area contributed by atoms with Gasteiger partial charge in [0.1, 0.15) is 19.3 Å². The third-order valence-electron chi connectivity index (χ3n) is 4.89. The molecule has 1 atom stereocenters. The van der Waals surface area contributed by atoms with Crippen molar-refractivity contribution in [2.75, 3.05) is 26.3 Å². The van der Waals surface area contributed by atoms with Crippen LogP contribution in [-0.4, -0.2) is 55.3 Å². The minimum atomic E-state index is -0.245. The third kappa shape index (κ3) is 4.03. The second-order valence-electron chi connectivity index (χ2n) is 7.02. The molecule has 1 saturated heterocycles. The van der Waals surface area contributed by atoms with E-state index in [1.807, 2.05) is 18.2 Å². The molecule has 0 spiro atoms. The largest absolute Gasteiger partial charge is 0.486 e. The van der Waals surface area contributed by atoms with E-state index in [9.17, 15) is 9.59 Å². The zero-order valence-corrected chi connectivity index (χ0v) is 14.7. The highest BCUT2D eigenvalue weighted by molar-refractivity contribution is 5.76. The number of fused-ring (bicyclic) bond motifs is 1. The molecule has 1 N–H and O–H groups in total. The van der Waals surface area contributed by atoms with Gasteiger partial charge in [-0.25, -0.2) is 4.79 Å². The van der Waals surface area contributed by atoms with Gasteiger partial charge in [-0.1, -0.05) is 6.07 Å². The number of nitrogens with zero attached hydrogens (tertiary/aromatic N) is 1. The van der Waals surface area contributed by atoms with E-state index in [2.05, 4.69) is 5.32 Å². The molecule has 2 amide bonds. The maximum atomic E-state index is 12.0. The molecule has 3 aliphatic rings. The lowest BCUT2D eigenvalue weighted by Gasteiger charge is -2.18. The van der Waals surface area contributed by atoms with Gasteiger partial charge in [0.15, 0.2) is 11.5 Å². The number of hydrogen-bond acceptors (Lipinski definition) is 5. The number of hydrogen-bond donors (Lipinski definition) is 1. The molecule has 1 aliphatic carbocycles. The van der Waals surface area contributed by atoms with Gasteiger partial charge in [0.05, 0.1) is 13.1 Å². The quantitative estimate of drug-likeness (QED) is 0.803. The average Bonchev–Trinajstić information content (AvgIpc) is 3.42. The van der Waals surface area contributed by atoms with Crippen molar-refractivity contribution in [3.63, 3.8) is 0 Å². The third-order valence-corrected chi connectivity index (χ3v) is 4.89. The van der Waals surface area contributed by atoms with Crippen molar-refractivity contribution in [1.82, 2.24) is 10.2 Å². The van der Waals surface area contributed by atoms with Gasteiger partial charge in [0, 0.05) is 12.5 Å². The molecule has 2 heterocycles. The highest BCUT2D eigenvalue weighted by atomic mass is 16.6. The van der Waals surface area contributed by atoms with Crippen molar-refractivity contribution < 1.29 is 23.8 Å². The lowest BCUT2D eigenvalue weighted by atomic mass is 10.1. The molecule has 26 heavy (non-hydrogen) atoms. The molecule has 7 nitrogen and oxygen atoms in total. The molecule has 2 fully saturated rings. The first-order valence-corrected chi connectivity index (χ1v) is 9.31. The zero-order valence-electron chi connectivity index (χ0n) is 14.7. The Morgan fingerprint density at radius 3 is 2.81 bits per heavy atom. The van der Waals surface area contributed by atoms with Gasteiger partial charge in [-0.15, -0.1) is 0 Å². The number of amides is 2. The van der Waals surface area contributed by atoms with Gasteiger partial charge in [-0.2, -0.15) is 0 Å². The SMILES string of the molecule is O=C(CCCc1ccc2c(c1)OCCO2)NCC1CN(C2CC2)C(=O)O1. The Kier molecular flexibility index (Phi) is 4.86. The number of nitrogens with one attached hydrogen (secondary N) is 1. The maximum absolute atomic E-state index is 12.0. The molecule has 1 saturated carbocycles. The summed E-state index contributed by atoms with van der Waals surface area (Å²) in [5, 5.41) is 2.87. The molecular weight excluding hydrogens is 336 g/mol. The van der Waals surface area contributed by atoms with Crippen LogP contribution in [0.1, 0.15) is 31.2 Å². The second-order valence-corrected chi connectivity index (χ2v) is 7.02. The fraction of sp³-hybridized carbons (Fsp3) is 0.579. The van der Waals surface area contributed by atoms with Crippen LogP contribution in [0.3, 0.4) is 0 Å². The summed E-state index contributed by atoms with van der Waals surface area (Å²) in [5.41, 5.74) is 1.13. The molecule has 1 unspecified atom stereocenters. The number of carbonyl (C=O) groups is 2. The van der Waals surface area contributed by atoms with Gasteiger partial charge >= 0.3 is 6.09 Å². The van der Waals surface area contributed by atoms with Crippen molar-refractivity contribution in [2.45, 2.75) is 44.2 Å². The summed E-state index contributed by atoms with van der Waals surface area (Å²) in [6, 6.07) is 6.27. The molecule has 0 aromatic heterocycles. The van der Waals surface area contributed by atoms with Crippen LogP contribution in [0.15, 0.2) is 18.2 Å². The Labute approximate surface area is 152 Å². The van der Waals surface area contributed by atoms with Crippen LogP contribution in [-0.2, 0) is 16.0 Å². The summed E-state index contributed by atoms with van der Waals surface area (Å²) in [7, 11) is 0. The van der Waals surface area contributed by atoms with Crippen LogP contribution in [0.2, 0.25) is 0 Å². The van der Waals surface area contributed by atoms with Crippen molar-refractivity contribution in [1.29, 1.82) is 0 Å². The maximum Gasteiger partial charge on any atom is 0.410 e. The normalized spacial score (nSPS) is 21.5.